The third kappa shape index (κ3) is 2.42. The highest BCUT2D eigenvalue weighted by molar-refractivity contribution is 6.13. The zero-order chi connectivity index (χ0) is 5.86. The molecule has 4 heteroatoms. The summed E-state index contributed by atoms with van der Waals surface area (Å²) in [6.45, 7) is 1.49. The summed E-state index contributed by atoms with van der Waals surface area (Å²) in [6.07, 6.45) is 0. The van der Waals surface area contributed by atoms with Crippen molar-refractivity contribution in [1.29, 1.82) is 0 Å². The lowest BCUT2D eigenvalue weighted by atomic mass is 10.4. The summed E-state index contributed by atoms with van der Waals surface area (Å²) < 4.78 is 3.72. The van der Waals surface area contributed by atoms with Crippen LogP contribution >= 0.6 is 11.9 Å². The van der Waals surface area contributed by atoms with E-state index < -0.39 is 12.0 Å². The van der Waals surface area contributed by atoms with Gasteiger partial charge in [0.1, 0.15) is 17.9 Å². The second kappa shape index (κ2) is 2.82. The van der Waals surface area contributed by atoms with Gasteiger partial charge in [0.05, 0.1) is 0 Å². The molecule has 0 amide bonds. The number of hydrogen-bond acceptors (Lipinski definition) is 3. The summed E-state index contributed by atoms with van der Waals surface area (Å²) in [4.78, 5) is 10.0. The molecule has 0 fully saturated rings. The van der Waals surface area contributed by atoms with Crippen molar-refractivity contribution in [3.8, 4) is 0 Å². The first-order chi connectivity index (χ1) is 3.18. The number of nitrogens with two attached hydrogens (primary N) is 1. The normalized spacial score (nSPS) is 13.0. The zero-order valence-electron chi connectivity index (χ0n) is 3.85. The van der Waals surface area contributed by atoms with E-state index in [1.165, 1.54) is 6.92 Å². The van der Waals surface area contributed by atoms with Gasteiger partial charge >= 0.3 is 5.97 Å². The number of carbonyl (C=O) groups excluding carboxylic acids is 1. The molecule has 7 heavy (non-hydrogen) atoms. The molecule has 0 saturated heterocycles. The zero-order valence-corrected chi connectivity index (χ0v) is 4.61. The third-order valence-corrected chi connectivity index (χ3v) is 0.600. The lowest BCUT2D eigenvalue weighted by molar-refractivity contribution is -0.134. The van der Waals surface area contributed by atoms with Crippen molar-refractivity contribution in [3.05, 3.63) is 0 Å². The minimum absolute atomic E-state index is 0.610. The lowest BCUT2D eigenvalue weighted by Crippen LogP contribution is -2.26. The maximum atomic E-state index is 10.0. The molecule has 0 spiro atoms. The van der Waals surface area contributed by atoms with E-state index in [1.807, 2.05) is 0 Å². The second-order valence-corrected chi connectivity index (χ2v) is 1.34. The molecule has 0 saturated carbocycles. The monoisotopic (exact) mass is 123 g/mol. The van der Waals surface area contributed by atoms with Gasteiger partial charge in [0, 0.05) is 0 Å². The molecule has 0 aliphatic carbocycles. The number of carbonyl (C=O) groups is 1. The molecule has 0 radical (unpaired) electrons. The molecular weight excluding hydrogens is 117 g/mol. The maximum Gasteiger partial charge on any atom is 0.340 e. The summed E-state index contributed by atoms with van der Waals surface area (Å²) in [5.74, 6) is -0.610. The topological polar surface area (TPSA) is 52.3 Å². The Kier molecular flexibility index (Phi) is 2.71. The molecule has 0 aromatic rings. The lowest BCUT2D eigenvalue weighted by Gasteiger charge is -1.95. The minimum atomic E-state index is -0.627. The molecule has 1 atom stereocenters. The molecule has 42 valence electrons. The van der Waals surface area contributed by atoms with Crippen molar-refractivity contribution in [2.75, 3.05) is 0 Å². The average Bonchev–Trinajstić information content (AvgIpc) is 1.65. The van der Waals surface area contributed by atoms with E-state index in [-0.39, 0.29) is 0 Å². The molecular formula is C3H6ClNO2. The van der Waals surface area contributed by atoms with Gasteiger partial charge in [-0.2, -0.15) is 0 Å². The van der Waals surface area contributed by atoms with Gasteiger partial charge in [0.2, 0.25) is 0 Å². The van der Waals surface area contributed by atoms with Crippen LogP contribution in [-0.2, 0) is 9.08 Å². The van der Waals surface area contributed by atoms with Crippen molar-refractivity contribution in [2.45, 2.75) is 13.0 Å². The van der Waals surface area contributed by atoms with Crippen LogP contribution in [0.15, 0.2) is 0 Å². The van der Waals surface area contributed by atoms with Crippen molar-refractivity contribution >= 4 is 17.8 Å². The Morgan fingerprint density at radius 2 is 2.43 bits per heavy atom. The highest BCUT2D eigenvalue weighted by Gasteiger charge is 2.05. The van der Waals surface area contributed by atoms with Crippen LogP contribution in [0.2, 0.25) is 0 Å². The average molecular weight is 124 g/mol. The minimum Gasteiger partial charge on any atom is -0.346 e. The van der Waals surface area contributed by atoms with E-state index >= 15 is 0 Å². The molecule has 0 aliphatic heterocycles. The SMILES string of the molecule is C[C@H](N)C(=O)OCl. The summed E-state index contributed by atoms with van der Waals surface area (Å²) in [6, 6.07) is -0.627. The van der Waals surface area contributed by atoms with Crippen LogP contribution < -0.4 is 5.73 Å². The molecule has 0 aliphatic rings. The molecule has 0 heterocycles. The first-order valence-electron chi connectivity index (χ1n) is 1.76. The van der Waals surface area contributed by atoms with E-state index in [0.717, 1.165) is 0 Å². The Bertz CT molecular complexity index is 73.3. The summed E-state index contributed by atoms with van der Waals surface area (Å²) in [7, 11) is 0. The van der Waals surface area contributed by atoms with Crippen LogP contribution in [-0.4, -0.2) is 12.0 Å². The third-order valence-electron chi connectivity index (χ3n) is 0.448. The highest BCUT2D eigenvalue weighted by atomic mass is 35.5. The highest BCUT2D eigenvalue weighted by Crippen LogP contribution is 1.84. The second-order valence-electron chi connectivity index (χ2n) is 1.18. The summed E-state index contributed by atoms with van der Waals surface area (Å²) in [5.41, 5.74) is 4.99. The van der Waals surface area contributed by atoms with Gasteiger partial charge in [-0.05, 0) is 6.92 Å². The van der Waals surface area contributed by atoms with E-state index in [4.69, 9.17) is 5.73 Å². The van der Waals surface area contributed by atoms with E-state index in [1.54, 1.807) is 0 Å². The molecule has 2 N–H and O–H groups in total. The number of hydrogen-bond donors (Lipinski definition) is 1. The Labute approximate surface area is 46.6 Å². The van der Waals surface area contributed by atoms with Crippen LogP contribution in [0.3, 0.4) is 0 Å². The first-order valence-corrected chi connectivity index (χ1v) is 2.07. The number of rotatable bonds is 1. The molecule has 3 nitrogen and oxygen atoms in total. The fourth-order valence-electron chi connectivity index (χ4n) is 0.0703. The molecule has 0 aromatic heterocycles. The first kappa shape index (κ1) is 6.72. The van der Waals surface area contributed by atoms with Gasteiger partial charge < -0.3 is 10.0 Å². The van der Waals surface area contributed by atoms with Crippen LogP contribution in [0.25, 0.3) is 0 Å². The van der Waals surface area contributed by atoms with Crippen molar-refractivity contribution in [2.24, 2.45) is 5.73 Å². The van der Waals surface area contributed by atoms with Crippen molar-refractivity contribution < 1.29 is 9.08 Å². The Morgan fingerprint density at radius 1 is 2.00 bits per heavy atom. The maximum absolute atomic E-state index is 10.0. The fraction of sp³-hybridized carbons (Fsp3) is 0.667. The summed E-state index contributed by atoms with van der Waals surface area (Å²) in [5, 5.41) is 0. The molecule has 0 unspecified atom stereocenters. The predicted octanol–water partition coefficient (Wildman–Crippen LogP) is 0.0306. The van der Waals surface area contributed by atoms with Crippen molar-refractivity contribution in [3.63, 3.8) is 0 Å². The van der Waals surface area contributed by atoms with Crippen LogP contribution in [0.4, 0.5) is 0 Å². The van der Waals surface area contributed by atoms with E-state index in [2.05, 4.69) is 16.2 Å². The molecule has 0 bridgehead atoms. The fourth-order valence-corrected chi connectivity index (χ4v) is 0.211. The van der Waals surface area contributed by atoms with E-state index in [0.29, 0.717) is 0 Å². The largest absolute Gasteiger partial charge is 0.346 e. The Hall–Kier alpha value is -0.280. The molecule has 0 rings (SSSR count). The predicted molar refractivity (Wildman–Crippen MR) is 25.6 cm³/mol. The summed E-state index contributed by atoms with van der Waals surface area (Å²) >= 11 is 4.62. The van der Waals surface area contributed by atoms with Crippen LogP contribution in [0.5, 0.6) is 0 Å². The number of halogens is 1. The van der Waals surface area contributed by atoms with E-state index in [9.17, 15) is 4.79 Å². The van der Waals surface area contributed by atoms with Gasteiger partial charge in [0.25, 0.3) is 0 Å². The smallest absolute Gasteiger partial charge is 0.340 e. The standard InChI is InChI=1S/C3H6ClNO2/c1-2(5)3(6)7-4/h2H,5H2,1H3/t2-/m0/s1. The Balaban J connectivity index is 3.35. The van der Waals surface area contributed by atoms with Crippen molar-refractivity contribution in [1.82, 2.24) is 0 Å². The van der Waals surface area contributed by atoms with Crippen LogP contribution in [0, 0.1) is 0 Å². The quantitative estimate of drug-likeness (QED) is 0.535. The van der Waals surface area contributed by atoms with Gasteiger partial charge in [-0.15, -0.1) is 0 Å². The van der Waals surface area contributed by atoms with Crippen LogP contribution in [0.1, 0.15) is 6.92 Å². The van der Waals surface area contributed by atoms with Gasteiger partial charge in [-0.1, -0.05) is 0 Å². The van der Waals surface area contributed by atoms with Gasteiger partial charge in [-0.3, -0.25) is 0 Å². The molecule has 0 aromatic carbocycles. The Morgan fingerprint density at radius 3 is 2.43 bits per heavy atom. The van der Waals surface area contributed by atoms with Gasteiger partial charge in [0.15, 0.2) is 0 Å². The van der Waals surface area contributed by atoms with Gasteiger partial charge in [-0.25, -0.2) is 4.79 Å².